The minimum absolute atomic E-state index is 0.209. The Hall–Kier alpha value is -1.03. The summed E-state index contributed by atoms with van der Waals surface area (Å²) < 4.78 is 13.2. The minimum atomic E-state index is -0.209. The second kappa shape index (κ2) is 6.94. The molecule has 0 radical (unpaired) electrons. The topological polar surface area (TPSA) is 26.0 Å². The van der Waals surface area contributed by atoms with Crippen molar-refractivity contribution in [3.8, 4) is 0 Å². The van der Waals surface area contributed by atoms with Crippen molar-refractivity contribution in [1.82, 2.24) is 0 Å². The third-order valence-corrected chi connectivity index (χ3v) is 4.18. The van der Waals surface area contributed by atoms with Crippen LogP contribution < -0.4 is 5.73 Å². The summed E-state index contributed by atoms with van der Waals surface area (Å²) in [4.78, 5) is 1.09. The van der Waals surface area contributed by atoms with Crippen molar-refractivity contribution in [2.45, 2.75) is 17.1 Å². The first kappa shape index (κ1) is 14.4. The Morgan fingerprint density at radius 1 is 1.11 bits per heavy atom. The number of nitrogens with two attached hydrogens (primary N) is 1. The van der Waals surface area contributed by atoms with Gasteiger partial charge in [0.2, 0.25) is 0 Å². The highest BCUT2D eigenvalue weighted by Crippen LogP contribution is 2.27. The zero-order valence-corrected chi connectivity index (χ0v) is 12.0. The molecule has 0 amide bonds. The van der Waals surface area contributed by atoms with Gasteiger partial charge in [-0.2, -0.15) is 0 Å². The Kier molecular flexibility index (Phi) is 5.25. The first-order chi connectivity index (χ1) is 9.19. The monoisotopic (exact) mass is 295 g/mol. The molecule has 0 bridgehead atoms. The Morgan fingerprint density at radius 3 is 2.53 bits per heavy atom. The second-order valence-electron chi connectivity index (χ2n) is 4.21. The van der Waals surface area contributed by atoms with E-state index in [9.17, 15) is 4.39 Å². The first-order valence-corrected chi connectivity index (χ1v) is 7.41. The van der Waals surface area contributed by atoms with Crippen molar-refractivity contribution in [3.05, 3.63) is 64.4 Å². The minimum Gasteiger partial charge on any atom is -0.330 e. The maximum absolute atomic E-state index is 13.2. The molecule has 0 aliphatic heterocycles. The van der Waals surface area contributed by atoms with Crippen molar-refractivity contribution in [2.24, 2.45) is 5.73 Å². The van der Waals surface area contributed by atoms with Crippen molar-refractivity contribution in [3.63, 3.8) is 0 Å². The number of halogens is 2. The molecule has 0 aliphatic rings. The fourth-order valence-electron chi connectivity index (χ4n) is 1.78. The van der Waals surface area contributed by atoms with E-state index in [-0.39, 0.29) is 5.82 Å². The maximum atomic E-state index is 13.2. The first-order valence-electron chi connectivity index (χ1n) is 6.05. The summed E-state index contributed by atoms with van der Waals surface area (Å²) in [6, 6.07) is 12.6. The largest absolute Gasteiger partial charge is 0.330 e. The molecule has 0 unspecified atom stereocenters. The van der Waals surface area contributed by atoms with Gasteiger partial charge in [0.05, 0.1) is 0 Å². The van der Waals surface area contributed by atoms with E-state index in [1.54, 1.807) is 17.8 Å². The average molecular weight is 296 g/mol. The molecule has 19 heavy (non-hydrogen) atoms. The smallest absolute Gasteiger partial charge is 0.123 e. The number of hydrogen-bond donors (Lipinski definition) is 1. The van der Waals surface area contributed by atoms with Gasteiger partial charge in [0, 0.05) is 15.7 Å². The number of benzene rings is 2. The van der Waals surface area contributed by atoms with E-state index < -0.39 is 0 Å². The van der Waals surface area contributed by atoms with Crippen LogP contribution >= 0.6 is 23.4 Å². The Labute approximate surface area is 122 Å². The predicted octanol–water partition coefficient (Wildman–Crippen LogP) is 4.27. The molecule has 2 rings (SSSR count). The van der Waals surface area contributed by atoms with E-state index in [4.69, 9.17) is 17.3 Å². The van der Waals surface area contributed by atoms with Crippen molar-refractivity contribution >= 4 is 23.4 Å². The van der Waals surface area contributed by atoms with E-state index in [2.05, 4.69) is 0 Å². The molecule has 0 atom stereocenters. The lowest BCUT2D eigenvalue weighted by Crippen LogP contribution is -2.04. The van der Waals surface area contributed by atoms with Crippen LogP contribution in [0.1, 0.15) is 11.1 Å². The van der Waals surface area contributed by atoms with Gasteiger partial charge in [-0.3, -0.25) is 0 Å². The van der Waals surface area contributed by atoms with E-state index in [1.807, 2.05) is 30.3 Å². The molecule has 0 aliphatic carbocycles. The van der Waals surface area contributed by atoms with Crippen LogP contribution in [0.2, 0.25) is 5.02 Å². The van der Waals surface area contributed by atoms with Crippen LogP contribution in [0.5, 0.6) is 0 Å². The lowest BCUT2D eigenvalue weighted by atomic mass is 10.1. The lowest BCUT2D eigenvalue weighted by Gasteiger charge is -2.08. The van der Waals surface area contributed by atoms with Crippen LogP contribution in [0.15, 0.2) is 47.4 Å². The van der Waals surface area contributed by atoms with Gasteiger partial charge in [0.1, 0.15) is 5.82 Å². The molecule has 0 saturated carbocycles. The van der Waals surface area contributed by atoms with E-state index in [1.165, 1.54) is 11.6 Å². The summed E-state index contributed by atoms with van der Waals surface area (Å²) in [6.45, 7) is 0.526. The lowest BCUT2D eigenvalue weighted by molar-refractivity contribution is 0.623. The highest BCUT2D eigenvalue weighted by molar-refractivity contribution is 7.98. The zero-order chi connectivity index (χ0) is 13.7. The van der Waals surface area contributed by atoms with Gasteiger partial charge in [-0.15, -0.1) is 11.8 Å². The van der Waals surface area contributed by atoms with Crippen molar-refractivity contribution in [1.29, 1.82) is 0 Å². The summed E-state index contributed by atoms with van der Waals surface area (Å²) in [7, 11) is 0. The molecule has 4 heteroatoms. The molecular weight excluding hydrogens is 281 g/mol. The molecule has 0 spiro atoms. The molecule has 0 saturated heterocycles. The third kappa shape index (κ3) is 4.23. The molecular formula is C15H15ClFNS. The Morgan fingerprint density at radius 2 is 1.84 bits per heavy atom. The molecule has 0 aromatic heterocycles. The fraction of sp³-hybridized carbons (Fsp3) is 0.200. The SMILES string of the molecule is NCCc1cc(F)ccc1SCc1ccc(Cl)cc1. The van der Waals surface area contributed by atoms with Gasteiger partial charge in [0.15, 0.2) is 0 Å². The number of hydrogen-bond acceptors (Lipinski definition) is 2. The molecule has 0 heterocycles. The maximum Gasteiger partial charge on any atom is 0.123 e. The van der Waals surface area contributed by atoms with Crippen LogP contribution in [-0.2, 0) is 12.2 Å². The summed E-state index contributed by atoms with van der Waals surface area (Å²) in [5.41, 5.74) is 7.72. The van der Waals surface area contributed by atoms with Crippen LogP contribution in [0.4, 0.5) is 4.39 Å². The van der Waals surface area contributed by atoms with Gasteiger partial charge in [-0.25, -0.2) is 4.39 Å². The highest BCUT2D eigenvalue weighted by Gasteiger charge is 2.05. The fourth-order valence-corrected chi connectivity index (χ4v) is 2.93. The summed E-state index contributed by atoms with van der Waals surface area (Å²) in [5.74, 6) is 0.625. The highest BCUT2D eigenvalue weighted by atomic mass is 35.5. The van der Waals surface area contributed by atoms with E-state index in [0.717, 1.165) is 21.2 Å². The summed E-state index contributed by atoms with van der Waals surface area (Å²) in [6.07, 6.45) is 0.695. The van der Waals surface area contributed by atoms with Crippen LogP contribution in [0.25, 0.3) is 0 Å². The van der Waals surface area contributed by atoms with Gasteiger partial charge in [-0.1, -0.05) is 23.7 Å². The standard InChI is InChI=1S/C15H15ClFNS/c16-13-3-1-11(2-4-13)10-19-15-6-5-14(17)9-12(15)7-8-18/h1-6,9H,7-8,10,18H2. The average Bonchev–Trinajstić information content (AvgIpc) is 2.40. The second-order valence-corrected chi connectivity index (χ2v) is 5.66. The number of rotatable bonds is 5. The normalized spacial score (nSPS) is 10.7. The van der Waals surface area contributed by atoms with Gasteiger partial charge < -0.3 is 5.73 Å². The molecule has 1 nitrogen and oxygen atoms in total. The van der Waals surface area contributed by atoms with E-state index in [0.29, 0.717) is 13.0 Å². The zero-order valence-electron chi connectivity index (χ0n) is 10.4. The predicted molar refractivity (Wildman–Crippen MR) is 80.2 cm³/mol. The Balaban J connectivity index is 2.08. The summed E-state index contributed by atoms with van der Waals surface area (Å²) in [5, 5.41) is 0.736. The summed E-state index contributed by atoms with van der Waals surface area (Å²) >= 11 is 7.54. The quantitative estimate of drug-likeness (QED) is 0.834. The van der Waals surface area contributed by atoms with E-state index >= 15 is 0 Å². The third-order valence-electron chi connectivity index (χ3n) is 2.74. The van der Waals surface area contributed by atoms with Crippen molar-refractivity contribution < 1.29 is 4.39 Å². The van der Waals surface area contributed by atoms with Crippen LogP contribution in [0.3, 0.4) is 0 Å². The molecule has 2 N–H and O–H groups in total. The molecule has 0 fully saturated rings. The molecule has 2 aromatic carbocycles. The van der Waals surface area contributed by atoms with Gasteiger partial charge in [0.25, 0.3) is 0 Å². The molecule has 100 valence electrons. The van der Waals surface area contributed by atoms with Gasteiger partial charge in [-0.05, 0) is 54.4 Å². The Bertz CT molecular complexity index is 542. The van der Waals surface area contributed by atoms with Gasteiger partial charge >= 0.3 is 0 Å². The van der Waals surface area contributed by atoms with Crippen molar-refractivity contribution in [2.75, 3.05) is 6.54 Å². The molecule has 2 aromatic rings. The van der Waals surface area contributed by atoms with Crippen LogP contribution in [-0.4, -0.2) is 6.54 Å². The number of thioether (sulfide) groups is 1. The van der Waals surface area contributed by atoms with Crippen LogP contribution in [0, 0.1) is 5.82 Å².